The van der Waals surface area contributed by atoms with Crippen LogP contribution in [0.1, 0.15) is 41.6 Å². The average molecular weight is 486 g/mol. The van der Waals surface area contributed by atoms with Crippen molar-refractivity contribution in [1.29, 1.82) is 0 Å². The van der Waals surface area contributed by atoms with Gasteiger partial charge in [0, 0.05) is 29.7 Å². The first-order valence-electron chi connectivity index (χ1n) is 10.9. The van der Waals surface area contributed by atoms with E-state index in [2.05, 4.69) is 9.72 Å². The van der Waals surface area contributed by atoms with Crippen LogP contribution in [0.4, 0.5) is 13.2 Å². The van der Waals surface area contributed by atoms with Gasteiger partial charge in [0.25, 0.3) is 11.5 Å². The monoisotopic (exact) mass is 486 g/mol. The first kappa shape index (κ1) is 22.8. The van der Waals surface area contributed by atoms with Gasteiger partial charge >= 0.3 is 6.36 Å². The van der Waals surface area contributed by atoms with E-state index in [9.17, 15) is 22.8 Å². The molecule has 0 bridgehead atoms. The first-order valence-corrected chi connectivity index (χ1v) is 10.9. The molecule has 1 aliphatic heterocycles. The zero-order valence-electron chi connectivity index (χ0n) is 19.0. The van der Waals surface area contributed by atoms with Gasteiger partial charge in [0.1, 0.15) is 22.7 Å². The van der Waals surface area contributed by atoms with Gasteiger partial charge < -0.3 is 23.2 Å². The summed E-state index contributed by atoms with van der Waals surface area (Å²) in [7, 11) is 0. The maximum atomic E-state index is 13.5. The van der Waals surface area contributed by atoms with Crippen molar-refractivity contribution in [1.82, 2.24) is 19.0 Å². The summed E-state index contributed by atoms with van der Waals surface area (Å²) in [5.74, 6) is -0.740. The van der Waals surface area contributed by atoms with Crippen molar-refractivity contribution in [3.05, 3.63) is 76.4 Å². The molecule has 1 aromatic carbocycles. The Hall–Kier alpha value is -4.02. The third-order valence-corrected chi connectivity index (χ3v) is 6.20. The van der Waals surface area contributed by atoms with E-state index in [1.807, 2.05) is 13.8 Å². The van der Waals surface area contributed by atoms with Crippen LogP contribution in [0.5, 0.6) is 5.75 Å². The molecule has 0 spiro atoms. The summed E-state index contributed by atoms with van der Waals surface area (Å²) < 4.78 is 50.7. The zero-order valence-corrected chi connectivity index (χ0v) is 19.0. The highest BCUT2D eigenvalue weighted by Gasteiger charge is 2.36. The number of aryl methyl sites for hydroxylation is 1. The Morgan fingerprint density at radius 1 is 1.20 bits per heavy atom. The van der Waals surface area contributed by atoms with Gasteiger partial charge in [-0.3, -0.25) is 9.59 Å². The molecule has 3 aromatic heterocycles. The van der Waals surface area contributed by atoms with Crippen LogP contribution in [-0.4, -0.2) is 37.3 Å². The Bertz CT molecular complexity index is 1500. The molecule has 4 aromatic rings. The van der Waals surface area contributed by atoms with Crippen LogP contribution in [0, 0.1) is 6.92 Å². The Balaban J connectivity index is 1.51. The number of pyridine rings is 1. The molecule has 0 saturated carbocycles. The summed E-state index contributed by atoms with van der Waals surface area (Å²) in [6.07, 6.45) is -0.125. The molecular formula is C24H21F3N4O4. The number of imidazole rings is 1. The van der Waals surface area contributed by atoms with Gasteiger partial charge in [-0.25, -0.2) is 4.98 Å². The molecular weight excluding hydrogens is 465 g/mol. The lowest BCUT2D eigenvalue weighted by atomic mass is 10.0. The van der Waals surface area contributed by atoms with Gasteiger partial charge in [-0.2, -0.15) is 0 Å². The molecule has 35 heavy (non-hydrogen) atoms. The minimum atomic E-state index is -4.83. The number of hydrogen-bond donors (Lipinski definition) is 0. The molecule has 0 radical (unpaired) electrons. The Morgan fingerprint density at radius 2 is 1.97 bits per heavy atom. The van der Waals surface area contributed by atoms with Crippen molar-refractivity contribution in [2.24, 2.45) is 0 Å². The van der Waals surface area contributed by atoms with Crippen LogP contribution in [0.15, 0.2) is 58.3 Å². The maximum Gasteiger partial charge on any atom is 0.573 e. The molecule has 8 nitrogen and oxygen atoms in total. The summed E-state index contributed by atoms with van der Waals surface area (Å²) >= 11 is 0. The summed E-state index contributed by atoms with van der Waals surface area (Å²) in [6.45, 7) is 5.66. The lowest BCUT2D eigenvalue weighted by Gasteiger charge is -2.39. The second-order valence-electron chi connectivity index (χ2n) is 8.58. The Morgan fingerprint density at radius 3 is 2.66 bits per heavy atom. The van der Waals surface area contributed by atoms with Crippen LogP contribution >= 0.6 is 0 Å². The number of alkyl halides is 3. The van der Waals surface area contributed by atoms with E-state index in [0.29, 0.717) is 22.2 Å². The predicted octanol–water partition coefficient (Wildman–Crippen LogP) is 4.59. The van der Waals surface area contributed by atoms with Crippen molar-refractivity contribution in [3.8, 4) is 11.4 Å². The maximum absolute atomic E-state index is 13.5. The minimum absolute atomic E-state index is 0.231. The predicted molar refractivity (Wildman–Crippen MR) is 120 cm³/mol. The first-order chi connectivity index (χ1) is 16.5. The van der Waals surface area contributed by atoms with E-state index in [-0.39, 0.29) is 35.5 Å². The van der Waals surface area contributed by atoms with Gasteiger partial charge in [-0.05, 0) is 51.1 Å². The number of ether oxygens (including phenoxy) is 1. The molecule has 0 unspecified atom stereocenters. The van der Waals surface area contributed by atoms with Gasteiger partial charge in [0.05, 0.1) is 24.3 Å². The number of nitrogens with zero attached hydrogens (tertiary/aromatic N) is 4. The highest BCUT2D eigenvalue weighted by molar-refractivity contribution is 5.94. The molecule has 11 heteroatoms. The summed E-state index contributed by atoms with van der Waals surface area (Å²) in [6, 6.07) is 6.08. The number of hydrogen-bond acceptors (Lipinski definition) is 5. The minimum Gasteiger partial charge on any atom is -0.464 e. The van der Waals surface area contributed by atoms with Crippen molar-refractivity contribution in [2.45, 2.75) is 45.8 Å². The lowest BCUT2D eigenvalue weighted by molar-refractivity contribution is -0.274. The number of benzene rings is 1. The normalized spacial score (nSPS) is 17.0. The van der Waals surface area contributed by atoms with E-state index < -0.39 is 12.4 Å². The van der Waals surface area contributed by atoms with E-state index in [4.69, 9.17) is 4.42 Å². The molecule has 0 N–H and O–H groups in total. The third kappa shape index (κ3) is 3.96. The molecule has 0 saturated heterocycles. The highest BCUT2D eigenvalue weighted by Crippen LogP contribution is 2.36. The van der Waals surface area contributed by atoms with Gasteiger partial charge in [-0.1, -0.05) is 0 Å². The summed E-state index contributed by atoms with van der Waals surface area (Å²) in [5, 5.41) is 0.410. The zero-order chi connectivity index (χ0) is 25.1. The van der Waals surface area contributed by atoms with E-state index in [1.54, 1.807) is 41.0 Å². The number of aromatic nitrogens is 3. The number of fused-ring (bicyclic) bond motifs is 2. The van der Waals surface area contributed by atoms with E-state index in [0.717, 1.165) is 5.69 Å². The number of rotatable bonds is 4. The molecule has 1 amide bonds. The molecule has 5 rings (SSSR count). The van der Waals surface area contributed by atoms with Crippen molar-refractivity contribution >= 4 is 16.9 Å². The van der Waals surface area contributed by atoms with Crippen LogP contribution < -0.4 is 10.3 Å². The second-order valence-corrected chi connectivity index (χ2v) is 8.58. The SMILES string of the molecule is Cc1cn(-c2ccc3n(c2=O)C[C@@H](C)N([C@@H](C)c2coc4ccc(OC(F)(F)F)cc24)C3=O)cn1. The van der Waals surface area contributed by atoms with Crippen LogP contribution in [0.2, 0.25) is 0 Å². The van der Waals surface area contributed by atoms with Crippen molar-refractivity contribution < 1.29 is 27.1 Å². The number of halogens is 3. The second kappa shape index (κ2) is 8.03. The van der Waals surface area contributed by atoms with Crippen LogP contribution in [0.3, 0.4) is 0 Å². The molecule has 0 fully saturated rings. The standard InChI is InChI=1S/C24H21F3N4O4/c1-13-9-29(12-28-13)19-5-6-20-23(33)31(14(2)10-30(20)22(19)32)15(3)18-11-34-21-7-4-16(8-17(18)21)35-24(25,26)27/h4-9,11-12,14-15H,10H2,1-3H3/t14-,15+/m1/s1. The molecule has 4 heterocycles. The van der Waals surface area contributed by atoms with Crippen molar-refractivity contribution in [3.63, 3.8) is 0 Å². The van der Waals surface area contributed by atoms with Crippen LogP contribution in [-0.2, 0) is 6.54 Å². The largest absolute Gasteiger partial charge is 0.573 e. The topological polar surface area (TPSA) is 82.5 Å². The molecule has 2 atom stereocenters. The average Bonchev–Trinajstić information content (AvgIpc) is 3.39. The highest BCUT2D eigenvalue weighted by atomic mass is 19.4. The van der Waals surface area contributed by atoms with E-state index in [1.165, 1.54) is 29.0 Å². The fourth-order valence-electron chi connectivity index (χ4n) is 4.62. The lowest BCUT2D eigenvalue weighted by Crippen LogP contribution is -2.50. The Labute approximate surface area is 197 Å². The third-order valence-electron chi connectivity index (χ3n) is 6.20. The fraction of sp³-hybridized carbons (Fsp3) is 0.292. The summed E-state index contributed by atoms with van der Waals surface area (Å²) in [4.78, 5) is 32.4. The molecule has 0 aliphatic carbocycles. The number of carbonyl (C=O) groups is 1. The number of carbonyl (C=O) groups excluding carboxylic acids is 1. The fourth-order valence-corrected chi connectivity index (χ4v) is 4.62. The number of furan rings is 1. The van der Waals surface area contributed by atoms with Crippen molar-refractivity contribution in [2.75, 3.05) is 0 Å². The van der Waals surface area contributed by atoms with Gasteiger partial charge in [0.2, 0.25) is 0 Å². The quantitative estimate of drug-likeness (QED) is 0.421. The Kier molecular flexibility index (Phi) is 5.22. The van der Waals surface area contributed by atoms with Crippen LogP contribution in [0.25, 0.3) is 16.7 Å². The van der Waals surface area contributed by atoms with Gasteiger partial charge in [-0.15, -0.1) is 13.2 Å². The van der Waals surface area contributed by atoms with E-state index >= 15 is 0 Å². The van der Waals surface area contributed by atoms with Gasteiger partial charge in [0.15, 0.2) is 0 Å². The summed E-state index contributed by atoms with van der Waals surface area (Å²) in [5.41, 5.74) is 1.97. The molecule has 182 valence electrons. The number of amides is 1. The smallest absolute Gasteiger partial charge is 0.464 e. The molecule has 1 aliphatic rings.